The first-order chi connectivity index (χ1) is 11.6. The van der Waals surface area contributed by atoms with Crippen molar-refractivity contribution in [1.29, 1.82) is 0 Å². The molecular weight excluding hydrogens is 328 g/mol. The normalized spacial score (nSPS) is 25.2. The third-order valence-corrected chi connectivity index (χ3v) is 5.71. The van der Waals surface area contributed by atoms with Crippen LogP contribution >= 0.6 is 11.3 Å². The number of carbonyl (C=O) groups excluding carboxylic acids is 1. The fraction of sp³-hybridized carbons (Fsp3) is 0.688. The summed E-state index contributed by atoms with van der Waals surface area (Å²) in [5.41, 5.74) is 0. The zero-order valence-electron chi connectivity index (χ0n) is 13.7. The van der Waals surface area contributed by atoms with E-state index in [2.05, 4.69) is 15.2 Å². The lowest BCUT2D eigenvalue weighted by Crippen LogP contribution is -2.47. The summed E-state index contributed by atoms with van der Waals surface area (Å²) in [6.07, 6.45) is 5.54. The van der Waals surface area contributed by atoms with E-state index in [4.69, 9.17) is 5.11 Å². The van der Waals surface area contributed by atoms with Crippen LogP contribution in [-0.2, 0) is 4.79 Å². The number of urea groups is 1. The third kappa shape index (κ3) is 4.17. The molecule has 2 amide bonds. The van der Waals surface area contributed by atoms with E-state index in [9.17, 15) is 9.59 Å². The van der Waals surface area contributed by atoms with Gasteiger partial charge in [0.15, 0.2) is 5.13 Å². The van der Waals surface area contributed by atoms with Crippen molar-refractivity contribution in [3.8, 4) is 0 Å². The van der Waals surface area contributed by atoms with E-state index in [-0.39, 0.29) is 18.0 Å². The largest absolute Gasteiger partial charge is 0.481 e. The van der Waals surface area contributed by atoms with E-state index < -0.39 is 5.97 Å². The molecule has 2 fully saturated rings. The fourth-order valence-corrected chi connectivity index (χ4v) is 4.13. The van der Waals surface area contributed by atoms with Gasteiger partial charge in [-0.25, -0.2) is 9.78 Å². The Morgan fingerprint density at radius 1 is 1.17 bits per heavy atom. The maximum Gasteiger partial charge on any atom is 0.317 e. The van der Waals surface area contributed by atoms with Crippen LogP contribution in [-0.4, -0.2) is 59.2 Å². The Kier molecular flexibility index (Phi) is 5.55. The second-order valence-electron chi connectivity index (χ2n) is 6.48. The second kappa shape index (κ2) is 7.83. The highest BCUT2D eigenvalue weighted by Gasteiger charge is 2.28. The number of carbonyl (C=O) groups is 2. The Hall–Kier alpha value is -1.83. The van der Waals surface area contributed by atoms with Crippen molar-refractivity contribution in [2.75, 3.05) is 31.1 Å². The molecule has 0 radical (unpaired) electrons. The number of anilines is 1. The molecule has 2 heterocycles. The average Bonchev–Trinajstić information content (AvgIpc) is 3.00. The SMILES string of the molecule is O=C(O)C1CCC(NC(=O)N2CCCN(c3nccs3)CC2)CC1. The van der Waals surface area contributed by atoms with Crippen molar-refractivity contribution in [2.24, 2.45) is 5.92 Å². The molecule has 1 saturated heterocycles. The van der Waals surface area contributed by atoms with E-state index >= 15 is 0 Å². The Labute approximate surface area is 145 Å². The van der Waals surface area contributed by atoms with Gasteiger partial charge in [0.25, 0.3) is 0 Å². The standard InChI is InChI=1S/C16H24N4O3S/c21-14(22)12-2-4-13(5-3-12)18-15(23)19-7-1-8-20(10-9-19)16-17-6-11-24-16/h6,11-13H,1-5,7-10H2,(H,18,23)(H,21,22). The molecule has 1 aromatic rings. The van der Waals surface area contributed by atoms with Crippen molar-refractivity contribution in [3.63, 3.8) is 0 Å². The van der Waals surface area contributed by atoms with Gasteiger partial charge in [0, 0.05) is 43.8 Å². The van der Waals surface area contributed by atoms with Gasteiger partial charge in [-0.3, -0.25) is 4.79 Å². The Bertz CT molecular complexity index is 558. The van der Waals surface area contributed by atoms with Crippen molar-refractivity contribution >= 4 is 28.5 Å². The van der Waals surface area contributed by atoms with Gasteiger partial charge in [0.05, 0.1) is 5.92 Å². The molecule has 0 atom stereocenters. The summed E-state index contributed by atoms with van der Waals surface area (Å²) >= 11 is 1.63. The Balaban J connectivity index is 1.46. The first-order valence-electron chi connectivity index (χ1n) is 8.56. The molecule has 132 valence electrons. The van der Waals surface area contributed by atoms with E-state index in [0.717, 1.165) is 44.0 Å². The molecule has 1 aromatic heterocycles. The lowest BCUT2D eigenvalue weighted by molar-refractivity contribution is -0.142. The molecule has 1 saturated carbocycles. The zero-order chi connectivity index (χ0) is 16.9. The number of hydrogen-bond donors (Lipinski definition) is 2. The average molecular weight is 352 g/mol. The summed E-state index contributed by atoms with van der Waals surface area (Å²) in [5.74, 6) is -0.960. The van der Waals surface area contributed by atoms with Gasteiger partial charge in [0.1, 0.15) is 0 Å². The highest BCUT2D eigenvalue weighted by molar-refractivity contribution is 7.13. The first-order valence-corrected chi connectivity index (χ1v) is 9.44. The van der Waals surface area contributed by atoms with Crippen LogP contribution in [0.2, 0.25) is 0 Å². The number of aromatic nitrogens is 1. The number of hydrogen-bond acceptors (Lipinski definition) is 5. The lowest BCUT2D eigenvalue weighted by atomic mass is 9.86. The predicted octanol–water partition coefficient (Wildman–Crippen LogP) is 2.01. The Morgan fingerprint density at radius 2 is 1.96 bits per heavy atom. The molecule has 7 nitrogen and oxygen atoms in total. The van der Waals surface area contributed by atoms with Gasteiger partial charge < -0.3 is 20.2 Å². The van der Waals surface area contributed by atoms with Crippen LogP contribution in [0.15, 0.2) is 11.6 Å². The van der Waals surface area contributed by atoms with Gasteiger partial charge in [-0.15, -0.1) is 11.3 Å². The predicted molar refractivity (Wildman–Crippen MR) is 92.4 cm³/mol. The minimum absolute atomic E-state index is 0.0187. The molecule has 0 aromatic carbocycles. The minimum Gasteiger partial charge on any atom is -0.481 e. The number of amides is 2. The maximum atomic E-state index is 12.5. The molecular formula is C16H24N4O3S. The summed E-state index contributed by atoms with van der Waals surface area (Å²) < 4.78 is 0. The summed E-state index contributed by atoms with van der Waals surface area (Å²) in [4.78, 5) is 31.9. The van der Waals surface area contributed by atoms with E-state index in [1.54, 1.807) is 11.3 Å². The van der Waals surface area contributed by atoms with Crippen molar-refractivity contribution in [3.05, 3.63) is 11.6 Å². The quantitative estimate of drug-likeness (QED) is 0.869. The summed E-state index contributed by atoms with van der Waals surface area (Å²) in [6, 6.07) is 0.0844. The summed E-state index contributed by atoms with van der Waals surface area (Å²) in [6.45, 7) is 3.15. The third-order valence-electron chi connectivity index (χ3n) is 4.88. The summed E-state index contributed by atoms with van der Waals surface area (Å²) in [5, 5.41) is 15.1. The number of carboxylic acid groups (broad SMARTS) is 1. The maximum absolute atomic E-state index is 12.5. The lowest BCUT2D eigenvalue weighted by Gasteiger charge is -2.29. The van der Waals surface area contributed by atoms with Gasteiger partial charge >= 0.3 is 12.0 Å². The molecule has 0 spiro atoms. The molecule has 0 bridgehead atoms. The highest BCUT2D eigenvalue weighted by Crippen LogP contribution is 2.25. The van der Waals surface area contributed by atoms with Gasteiger partial charge in [-0.1, -0.05) is 0 Å². The molecule has 24 heavy (non-hydrogen) atoms. The number of nitrogens with one attached hydrogen (secondary N) is 1. The monoisotopic (exact) mass is 352 g/mol. The van der Waals surface area contributed by atoms with E-state index in [1.165, 1.54) is 0 Å². The van der Waals surface area contributed by atoms with Crippen LogP contribution in [0.1, 0.15) is 32.1 Å². The smallest absolute Gasteiger partial charge is 0.317 e. The zero-order valence-corrected chi connectivity index (χ0v) is 14.5. The van der Waals surface area contributed by atoms with Gasteiger partial charge in [0.2, 0.25) is 0 Å². The number of rotatable bonds is 3. The molecule has 2 aliphatic rings. The van der Waals surface area contributed by atoms with Crippen LogP contribution in [0.5, 0.6) is 0 Å². The van der Waals surface area contributed by atoms with Crippen molar-refractivity contribution < 1.29 is 14.7 Å². The number of thiazole rings is 1. The minimum atomic E-state index is -0.713. The van der Waals surface area contributed by atoms with E-state index in [1.807, 2.05) is 16.5 Å². The Morgan fingerprint density at radius 3 is 2.62 bits per heavy atom. The summed E-state index contributed by atoms with van der Waals surface area (Å²) in [7, 11) is 0. The second-order valence-corrected chi connectivity index (χ2v) is 7.35. The number of nitrogens with zero attached hydrogens (tertiary/aromatic N) is 3. The van der Waals surface area contributed by atoms with Crippen LogP contribution in [0.3, 0.4) is 0 Å². The van der Waals surface area contributed by atoms with Crippen molar-refractivity contribution in [1.82, 2.24) is 15.2 Å². The molecule has 0 unspecified atom stereocenters. The van der Waals surface area contributed by atoms with Crippen LogP contribution in [0.25, 0.3) is 0 Å². The topological polar surface area (TPSA) is 85.8 Å². The molecule has 3 rings (SSSR count). The van der Waals surface area contributed by atoms with E-state index in [0.29, 0.717) is 19.4 Å². The molecule has 1 aliphatic carbocycles. The van der Waals surface area contributed by atoms with Crippen LogP contribution in [0, 0.1) is 5.92 Å². The van der Waals surface area contributed by atoms with Gasteiger partial charge in [-0.05, 0) is 32.1 Å². The highest BCUT2D eigenvalue weighted by atomic mass is 32.1. The number of aliphatic carboxylic acids is 1. The van der Waals surface area contributed by atoms with Crippen LogP contribution in [0.4, 0.5) is 9.93 Å². The molecule has 1 aliphatic heterocycles. The fourth-order valence-electron chi connectivity index (χ4n) is 3.43. The first kappa shape index (κ1) is 17.0. The molecule has 2 N–H and O–H groups in total. The van der Waals surface area contributed by atoms with Gasteiger partial charge in [-0.2, -0.15) is 0 Å². The number of carboxylic acids is 1. The molecule has 8 heteroatoms. The van der Waals surface area contributed by atoms with Crippen LogP contribution < -0.4 is 10.2 Å². The van der Waals surface area contributed by atoms with Crippen molar-refractivity contribution in [2.45, 2.75) is 38.1 Å².